The summed E-state index contributed by atoms with van der Waals surface area (Å²) in [6.07, 6.45) is 15.5. The van der Waals surface area contributed by atoms with Gasteiger partial charge in [0.15, 0.2) is 5.65 Å². The molecule has 2 aromatic heterocycles. The molecule has 5 nitrogen and oxygen atoms in total. The number of amides is 1. The third-order valence-electron chi connectivity index (χ3n) is 6.00. The fourth-order valence-corrected chi connectivity index (χ4v) is 4.39. The van der Waals surface area contributed by atoms with E-state index < -0.39 is 0 Å². The summed E-state index contributed by atoms with van der Waals surface area (Å²) in [4.78, 5) is 17.4. The molecule has 2 atom stereocenters. The molecule has 2 aliphatic rings. The third kappa shape index (κ3) is 3.29. The molecule has 134 valence electrons. The SMILES string of the molecule is C[C@@H]1CCCC[C@@H]1NC(=O)c1cnn2c3c(cnc12)CCCCCC3. The van der Waals surface area contributed by atoms with Crippen LogP contribution in [0.5, 0.6) is 0 Å². The van der Waals surface area contributed by atoms with Crippen LogP contribution in [0.4, 0.5) is 0 Å². The van der Waals surface area contributed by atoms with Gasteiger partial charge in [0, 0.05) is 17.9 Å². The maximum Gasteiger partial charge on any atom is 0.256 e. The van der Waals surface area contributed by atoms with E-state index in [0.29, 0.717) is 17.1 Å². The number of hydrogen-bond donors (Lipinski definition) is 1. The van der Waals surface area contributed by atoms with Crippen LogP contribution in [-0.2, 0) is 12.8 Å². The molecule has 5 heteroatoms. The standard InChI is InChI=1S/C20H28N4O/c1-14-8-6-7-10-17(14)23-20(25)16-13-22-24-18-11-5-3-2-4-9-15(18)12-21-19(16)24/h12-14,17H,2-11H2,1H3,(H,23,25)/t14-,17+/m1/s1. The summed E-state index contributed by atoms with van der Waals surface area (Å²) < 4.78 is 1.92. The molecule has 1 amide bonds. The zero-order valence-electron chi connectivity index (χ0n) is 15.1. The molecule has 0 unspecified atom stereocenters. The first-order valence-corrected chi connectivity index (χ1v) is 9.89. The van der Waals surface area contributed by atoms with E-state index in [2.05, 4.69) is 22.3 Å². The van der Waals surface area contributed by atoms with Crippen LogP contribution in [0.2, 0.25) is 0 Å². The van der Waals surface area contributed by atoms with E-state index in [1.807, 2.05) is 10.7 Å². The highest BCUT2D eigenvalue weighted by molar-refractivity contribution is 5.99. The number of carbonyl (C=O) groups is 1. The lowest BCUT2D eigenvalue weighted by atomic mass is 9.86. The molecule has 1 fully saturated rings. The van der Waals surface area contributed by atoms with Crippen LogP contribution in [0.3, 0.4) is 0 Å². The minimum absolute atomic E-state index is 0.0213. The van der Waals surface area contributed by atoms with Gasteiger partial charge in [0.1, 0.15) is 5.56 Å². The second-order valence-electron chi connectivity index (χ2n) is 7.78. The highest BCUT2D eigenvalue weighted by Gasteiger charge is 2.25. The lowest BCUT2D eigenvalue weighted by Gasteiger charge is -2.29. The Morgan fingerprint density at radius 1 is 1.08 bits per heavy atom. The molecular weight excluding hydrogens is 312 g/mol. The molecule has 0 spiro atoms. The van der Waals surface area contributed by atoms with Gasteiger partial charge >= 0.3 is 0 Å². The van der Waals surface area contributed by atoms with Gasteiger partial charge in [-0.2, -0.15) is 5.10 Å². The van der Waals surface area contributed by atoms with Crippen LogP contribution in [0.25, 0.3) is 5.65 Å². The Bertz CT molecular complexity index is 766. The summed E-state index contributed by atoms with van der Waals surface area (Å²) in [6.45, 7) is 2.24. The number of hydrogen-bond acceptors (Lipinski definition) is 3. The smallest absolute Gasteiger partial charge is 0.256 e. The van der Waals surface area contributed by atoms with Gasteiger partial charge in [0.25, 0.3) is 5.91 Å². The highest BCUT2D eigenvalue weighted by Crippen LogP contribution is 2.25. The molecule has 0 bridgehead atoms. The van der Waals surface area contributed by atoms with Crippen LogP contribution >= 0.6 is 0 Å². The first-order valence-electron chi connectivity index (χ1n) is 9.89. The van der Waals surface area contributed by atoms with E-state index in [9.17, 15) is 4.79 Å². The lowest BCUT2D eigenvalue weighted by Crippen LogP contribution is -2.41. The van der Waals surface area contributed by atoms with Crippen molar-refractivity contribution in [3.63, 3.8) is 0 Å². The second-order valence-corrected chi connectivity index (χ2v) is 7.78. The number of aryl methyl sites for hydroxylation is 2. The van der Waals surface area contributed by atoms with Gasteiger partial charge in [-0.1, -0.05) is 32.6 Å². The molecule has 0 aromatic carbocycles. The largest absolute Gasteiger partial charge is 0.349 e. The Morgan fingerprint density at radius 2 is 1.88 bits per heavy atom. The van der Waals surface area contributed by atoms with E-state index in [1.165, 1.54) is 56.2 Å². The normalized spacial score (nSPS) is 24.4. The Hall–Kier alpha value is -1.91. The number of aromatic nitrogens is 3. The van der Waals surface area contributed by atoms with Crippen molar-refractivity contribution in [2.45, 2.75) is 77.2 Å². The van der Waals surface area contributed by atoms with E-state index in [-0.39, 0.29) is 11.9 Å². The quantitative estimate of drug-likeness (QED) is 0.907. The van der Waals surface area contributed by atoms with Crippen molar-refractivity contribution in [3.05, 3.63) is 29.2 Å². The number of nitrogens with zero attached hydrogens (tertiary/aromatic N) is 3. The van der Waals surface area contributed by atoms with E-state index in [4.69, 9.17) is 0 Å². The molecule has 25 heavy (non-hydrogen) atoms. The van der Waals surface area contributed by atoms with Crippen molar-refractivity contribution >= 4 is 11.6 Å². The van der Waals surface area contributed by atoms with E-state index in [0.717, 1.165) is 19.3 Å². The summed E-state index contributed by atoms with van der Waals surface area (Å²) in [7, 11) is 0. The summed E-state index contributed by atoms with van der Waals surface area (Å²) >= 11 is 0. The molecule has 0 aliphatic heterocycles. The molecule has 2 heterocycles. The van der Waals surface area contributed by atoms with Crippen LogP contribution in [0.15, 0.2) is 12.4 Å². The maximum absolute atomic E-state index is 12.8. The van der Waals surface area contributed by atoms with Gasteiger partial charge in [-0.15, -0.1) is 0 Å². The Kier molecular flexibility index (Phi) is 4.73. The summed E-state index contributed by atoms with van der Waals surface area (Å²) in [5.74, 6) is 0.527. The molecule has 1 N–H and O–H groups in total. The Labute approximate surface area is 149 Å². The molecule has 1 saturated carbocycles. The van der Waals surface area contributed by atoms with Crippen LogP contribution in [0.1, 0.15) is 79.9 Å². The van der Waals surface area contributed by atoms with Crippen LogP contribution < -0.4 is 5.32 Å². The number of carbonyl (C=O) groups excluding carboxylic acids is 1. The fraction of sp³-hybridized carbons (Fsp3) is 0.650. The molecular formula is C20H28N4O. The molecule has 0 saturated heterocycles. The maximum atomic E-state index is 12.8. The topological polar surface area (TPSA) is 59.3 Å². The number of rotatable bonds is 2. The first-order chi connectivity index (χ1) is 12.2. The van der Waals surface area contributed by atoms with Crippen LogP contribution in [0, 0.1) is 5.92 Å². The summed E-state index contributed by atoms with van der Waals surface area (Å²) in [5, 5.41) is 7.76. The molecule has 2 aliphatic carbocycles. The van der Waals surface area contributed by atoms with Gasteiger partial charge in [-0.3, -0.25) is 4.79 Å². The van der Waals surface area contributed by atoms with Gasteiger partial charge in [-0.25, -0.2) is 9.50 Å². The summed E-state index contributed by atoms with van der Waals surface area (Å²) in [5.41, 5.74) is 3.86. The monoisotopic (exact) mass is 340 g/mol. The van der Waals surface area contributed by atoms with Crippen molar-refractivity contribution in [1.29, 1.82) is 0 Å². The minimum atomic E-state index is -0.0213. The number of fused-ring (bicyclic) bond motifs is 3. The predicted molar refractivity (Wildman–Crippen MR) is 97.7 cm³/mol. The highest BCUT2D eigenvalue weighted by atomic mass is 16.1. The van der Waals surface area contributed by atoms with Crippen molar-refractivity contribution in [1.82, 2.24) is 19.9 Å². The van der Waals surface area contributed by atoms with Crippen molar-refractivity contribution in [2.75, 3.05) is 0 Å². The van der Waals surface area contributed by atoms with Crippen molar-refractivity contribution in [2.24, 2.45) is 5.92 Å². The minimum Gasteiger partial charge on any atom is -0.349 e. The lowest BCUT2D eigenvalue weighted by molar-refractivity contribution is 0.0911. The average molecular weight is 340 g/mol. The molecule has 4 rings (SSSR count). The Morgan fingerprint density at radius 3 is 2.72 bits per heavy atom. The molecule has 2 aromatic rings. The number of nitrogens with one attached hydrogen (secondary N) is 1. The van der Waals surface area contributed by atoms with Crippen molar-refractivity contribution in [3.8, 4) is 0 Å². The summed E-state index contributed by atoms with van der Waals surface area (Å²) in [6, 6.07) is 0.278. The fourth-order valence-electron chi connectivity index (χ4n) is 4.39. The zero-order valence-corrected chi connectivity index (χ0v) is 15.1. The van der Waals surface area contributed by atoms with Gasteiger partial charge in [0.05, 0.1) is 6.20 Å². The van der Waals surface area contributed by atoms with Crippen molar-refractivity contribution < 1.29 is 4.79 Å². The van der Waals surface area contributed by atoms with Gasteiger partial charge in [0.2, 0.25) is 0 Å². The first kappa shape index (κ1) is 16.6. The van der Waals surface area contributed by atoms with Gasteiger partial charge in [-0.05, 0) is 50.0 Å². The third-order valence-corrected chi connectivity index (χ3v) is 6.00. The van der Waals surface area contributed by atoms with E-state index in [1.54, 1.807) is 6.20 Å². The Balaban J connectivity index is 1.62. The molecule has 0 radical (unpaired) electrons. The average Bonchev–Trinajstić information content (AvgIpc) is 3.01. The van der Waals surface area contributed by atoms with E-state index >= 15 is 0 Å². The van der Waals surface area contributed by atoms with Crippen LogP contribution in [-0.4, -0.2) is 26.5 Å². The predicted octanol–water partition coefficient (Wildman–Crippen LogP) is 3.70. The second kappa shape index (κ2) is 7.14. The zero-order chi connectivity index (χ0) is 17.2. The van der Waals surface area contributed by atoms with Gasteiger partial charge < -0.3 is 5.32 Å².